The molecule has 1 aliphatic carbocycles. The zero-order valence-corrected chi connectivity index (χ0v) is 8.82. The van der Waals surface area contributed by atoms with Gasteiger partial charge < -0.3 is 14.8 Å². The van der Waals surface area contributed by atoms with E-state index in [1.54, 1.807) is 7.11 Å². The van der Waals surface area contributed by atoms with Crippen molar-refractivity contribution in [3.63, 3.8) is 0 Å². The van der Waals surface area contributed by atoms with Gasteiger partial charge in [-0.25, -0.2) is 0 Å². The fourth-order valence-electron chi connectivity index (χ4n) is 1.93. The van der Waals surface area contributed by atoms with Gasteiger partial charge in [0.15, 0.2) is 0 Å². The average Bonchev–Trinajstić information content (AvgIpc) is 2.59. The van der Waals surface area contributed by atoms with Crippen LogP contribution in [0.5, 0.6) is 5.75 Å². The van der Waals surface area contributed by atoms with Crippen LogP contribution in [0.2, 0.25) is 0 Å². The molecule has 0 aliphatic heterocycles. The van der Waals surface area contributed by atoms with E-state index in [4.69, 9.17) is 14.8 Å². The molecule has 4 heteroatoms. The molecule has 0 aromatic heterocycles. The summed E-state index contributed by atoms with van der Waals surface area (Å²) in [6.45, 7) is 1.99. The molecular formula is C11H13BO3. The molecule has 0 saturated carbocycles. The molecule has 1 aliphatic rings. The van der Waals surface area contributed by atoms with Crippen molar-refractivity contribution in [3.8, 4) is 5.75 Å². The molecule has 0 unspecified atom stereocenters. The Bertz CT molecular complexity index is 424. The summed E-state index contributed by atoms with van der Waals surface area (Å²) in [5.41, 5.74) is 3.78. The average molecular weight is 204 g/mol. The van der Waals surface area contributed by atoms with Crippen LogP contribution in [-0.2, 0) is 6.42 Å². The molecule has 0 radical (unpaired) electrons. The molecule has 0 amide bonds. The number of methoxy groups -OCH3 is 1. The van der Waals surface area contributed by atoms with Gasteiger partial charge in [0, 0.05) is 5.56 Å². The minimum Gasteiger partial charge on any atom is -0.496 e. The maximum Gasteiger partial charge on any atom is 0.484 e. The monoisotopic (exact) mass is 204 g/mol. The topological polar surface area (TPSA) is 49.7 Å². The van der Waals surface area contributed by atoms with Gasteiger partial charge in [-0.2, -0.15) is 0 Å². The predicted molar refractivity (Wildman–Crippen MR) is 59.6 cm³/mol. The number of rotatable bonds is 2. The van der Waals surface area contributed by atoms with Crippen molar-refractivity contribution in [1.29, 1.82) is 0 Å². The highest BCUT2D eigenvalue weighted by molar-refractivity contribution is 6.52. The van der Waals surface area contributed by atoms with Crippen molar-refractivity contribution in [3.05, 3.63) is 34.3 Å². The highest BCUT2D eigenvalue weighted by atomic mass is 16.5. The number of fused-ring (bicyclic) bond motifs is 1. The summed E-state index contributed by atoms with van der Waals surface area (Å²) in [4.78, 5) is 0. The van der Waals surface area contributed by atoms with E-state index in [0.29, 0.717) is 11.9 Å². The molecule has 0 atom stereocenters. The van der Waals surface area contributed by atoms with Crippen LogP contribution in [0.15, 0.2) is 17.6 Å². The van der Waals surface area contributed by atoms with Gasteiger partial charge in [0.25, 0.3) is 0 Å². The Morgan fingerprint density at radius 3 is 2.67 bits per heavy atom. The number of benzene rings is 1. The number of aryl methyl sites for hydroxylation is 1. The van der Waals surface area contributed by atoms with Crippen LogP contribution >= 0.6 is 0 Å². The lowest BCUT2D eigenvalue weighted by atomic mass is 9.78. The van der Waals surface area contributed by atoms with Crippen molar-refractivity contribution >= 4 is 13.2 Å². The molecule has 15 heavy (non-hydrogen) atoms. The van der Waals surface area contributed by atoms with Gasteiger partial charge in [-0.15, -0.1) is 0 Å². The molecule has 78 valence electrons. The largest absolute Gasteiger partial charge is 0.496 e. The first-order valence-corrected chi connectivity index (χ1v) is 4.86. The number of ether oxygens (including phenoxy) is 1. The van der Waals surface area contributed by atoms with E-state index in [1.165, 1.54) is 0 Å². The van der Waals surface area contributed by atoms with Gasteiger partial charge in [0.2, 0.25) is 0 Å². The highest BCUT2D eigenvalue weighted by Crippen LogP contribution is 2.33. The summed E-state index contributed by atoms with van der Waals surface area (Å²) in [7, 11) is 0.255. The quantitative estimate of drug-likeness (QED) is 0.705. The fraction of sp³-hybridized carbons (Fsp3) is 0.273. The minimum atomic E-state index is -1.37. The van der Waals surface area contributed by atoms with Crippen molar-refractivity contribution < 1.29 is 14.8 Å². The Hall–Kier alpha value is -1.26. The normalized spacial score (nSPS) is 13.5. The first kappa shape index (κ1) is 10.3. The van der Waals surface area contributed by atoms with Crippen LogP contribution in [0, 0.1) is 6.92 Å². The second-order valence-electron chi connectivity index (χ2n) is 3.80. The first-order valence-electron chi connectivity index (χ1n) is 4.86. The molecule has 2 rings (SSSR count). The van der Waals surface area contributed by atoms with Crippen molar-refractivity contribution in [2.75, 3.05) is 7.11 Å². The van der Waals surface area contributed by atoms with Gasteiger partial charge in [-0.1, -0.05) is 12.1 Å². The first-order chi connectivity index (χ1) is 7.11. The lowest BCUT2D eigenvalue weighted by molar-refractivity contribution is 0.408. The third-order valence-corrected chi connectivity index (χ3v) is 2.66. The summed E-state index contributed by atoms with van der Waals surface area (Å²) in [6.07, 6.45) is 2.37. The molecule has 1 aromatic carbocycles. The molecule has 1 aromatic rings. The predicted octanol–water partition coefficient (Wildman–Crippen LogP) is 0.955. The van der Waals surface area contributed by atoms with Gasteiger partial charge in [-0.3, -0.25) is 0 Å². The van der Waals surface area contributed by atoms with Crippen LogP contribution in [-0.4, -0.2) is 24.3 Å². The Morgan fingerprint density at radius 2 is 2.07 bits per heavy atom. The number of allylic oxidation sites excluding steroid dienone is 1. The highest BCUT2D eigenvalue weighted by Gasteiger charge is 2.24. The minimum absolute atomic E-state index is 0.552. The standard InChI is InChI=1S/C11H13BO3/c1-7-3-8-5-9(12(13)14)6-10(8)11(4-7)15-2/h3-5,13-14H,6H2,1-2H3. The summed E-state index contributed by atoms with van der Waals surface area (Å²) < 4.78 is 5.27. The fourth-order valence-corrected chi connectivity index (χ4v) is 1.93. The van der Waals surface area contributed by atoms with Crippen molar-refractivity contribution in [2.45, 2.75) is 13.3 Å². The molecule has 0 heterocycles. The Kier molecular flexibility index (Phi) is 2.55. The summed E-state index contributed by atoms with van der Waals surface area (Å²) in [5.74, 6) is 0.817. The van der Waals surface area contributed by atoms with E-state index >= 15 is 0 Å². The second-order valence-corrected chi connectivity index (χ2v) is 3.80. The molecule has 0 bridgehead atoms. The van der Waals surface area contributed by atoms with Crippen LogP contribution in [0.4, 0.5) is 0 Å². The van der Waals surface area contributed by atoms with Gasteiger partial charge >= 0.3 is 7.12 Å². The van der Waals surface area contributed by atoms with E-state index in [2.05, 4.69) is 0 Å². The van der Waals surface area contributed by atoms with Crippen molar-refractivity contribution in [1.82, 2.24) is 0 Å². The van der Waals surface area contributed by atoms with Gasteiger partial charge in [-0.05, 0) is 36.0 Å². The lowest BCUT2D eigenvalue weighted by Gasteiger charge is -2.08. The van der Waals surface area contributed by atoms with Gasteiger partial charge in [0.1, 0.15) is 5.75 Å². The SMILES string of the molecule is COc1cc(C)cc2c1CC(B(O)O)=C2. The lowest BCUT2D eigenvalue weighted by Crippen LogP contribution is -2.15. The molecule has 3 nitrogen and oxygen atoms in total. The zero-order valence-electron chi connectivity index (χ0n) is 8.82. The summed E-state index contributed by atoms with van der Waals surface area (Å²) in [5, 5.41) is 18.2. The molecule has 0 fully saturated rings. The second kappa shape index (κ2) is 3.72. The molecular weight excluding hydrogens is 191 g/mol. The Balaban J connectivity index is 2.45. The molecule has 0 saturated heterocycles. The van der Waals surface area contributed by atoms with Crippen LogP contribution in [0.1, 0.15) is 16.7 Å². The van der Waals surface area contributed by atoms with Gasteiger partial charge in [0.05, 0.1) is 7.11 Å². The Labute approximate surface area is 89.2 Å². The third-order valence-electron chi connectivity index (χ3n) is 2.66. The van der Waals surface area contributed by atoms with E-state index in [9.17, 15) is 0 Å². The maximum atomic E-state index is 9.10. The van der Waals surface area contributed by atoms with Crippen LogP contribution in [0.25, 0.3) is 6.08 Å². The molecule has 0 spiro atoms. The van der Waals surface area contributed by atoms with Crippen molar-refractivity contribution in [2.24, 2.45) is 0 Å². The van der Waals surface area contributed by atoms with Crippen LogP contribution in [0.3, 0.4) is 0 Å². The molecule has 2 N–H and O–H groups in total. The summed E-state index contributed by atoms with van der Waals surface area (Å²) >= 11 is 0. The zero-order chi connectivity index (χ0) is 11.0. The number of hydrogen-bond acceptors (Lipinski definition) is 3. The van der Waals surface area contributed by atoms with E-state index in [-0.39, 0.29) is 0 Å². The third kappa shape index (κ3) is 1.78. The van der Waals surface area contributed by atoms with Crippen LogP contribution < -0.4 is 4.74 Å². The number of hydrogen-bond donors (Lipinski definition) is 2. The van der Waals surface area contributed by atoms with E-state index < -0.39 is 7.12 Å². The maximum absolute atomic E-state index is 9.10. The van der Waals surface area contributed by atoms with E-state index in [1.807, 2.05) is 25.1 Å². The summed E-state index contributed by atoms with van der Waals surface area (Å²) in [6, 6.07) is 3.98. The van der Waals surface area contributed by atoms with E-state index in [0.717, 1.165) is 22.4 Å². The smallest absolute Gasteiger partial charge is 0.484 e. The Morgan fingerprint density at radius 1 is 1.33 bits per heavy atom.